The normalized spacial score (nSPS) is 13.9. The van der Waals surface area contributed by atoms with Crippen molar-refractivity contribution in [1.82, 2.24) is 9.38 Å². The third kappa shape index (κ3) is 1.52. The number of nitrogens with zero attached hydrogens (tertiary/aromatic N) is 2. The monoisotopic (exact) mass is 244 g/mol. The molecular formula is C14H16N2O2. The molecular weight excluding hydrogens is 228 g/mol. The van der Waals surface area contributed by atoms with Crippen LogP contribution < -0.4 is 0 Å². The molecule has 0 aromatic carbocycles. The Morgan fingerprint density at radius 1 is 1.50 bits per heavy atom. The molecule has 1 aliphatic rings. The number of carbonyl (C=O) groups is 1. The minimum Gasteiger partial charge on any atom is -0.462 e. The second-order valence-corrected chi connectivity index (χ2v) is 4.62. The third-order valence-electron chi connectivity index (χ3n) is 3.58. The van der Waals surface area contributed by atoms with E-state index in [2.05, 4.69) is 11.9 Å². The van der Waals surface area contributed by atoms with Crippen LogP contribution >= 0.6 is 0 Å². The first-order chi connectivity index (χ1) is 8.72. The zero-order valence-corrected chi connectivity index (χ0v) is 10.7. The first-order valence-electron chi connectivity index (χ1n) is 6.39. The molecule has 2 aromatic rings. The van der Waals surface area contributed by atoms with Gasteiger partial charge in [0.1, 0.15) is 5.56 Å². The van der Waals surface area contributed by atoms with Crippen molar-refractivity contribution in [2.24, 2.45) is 0 Å². The number of hydrogen-bond donors (Lipinski definition) is 0. The van der Waals surface area contributed by atoms with Crippen LogP contribution in [0.5, 0.6) is 0 Å². The van der Waals surface area contributed by atoms with Crippen molar-refractivity contribution in [2.45, 2.75) is 33.1 Å². The van der Waals surface area contributed by atoms with Gasteiger partial charge in [-0.25, -0.2) is 9.78 Å². The van der Waals surface area contributed by atoms with Crippen molar-refractivity contribution in [3.63, 3.8) is 0 Å². The van der Waals surface area contributed by atoms with Gasteiger partial charge in [-0.05, 0) is 44.7 Å². The van der Waals surface area contributed by atoms with Gasteiger partial charge in [-0.2, -0.15) is 0 Å². The first-order valence-corrected chi connectivity index (χ1v) is 6.39. The summed E-state index contributed by atoms with van der Waals surface area (Å²) in [5.74, 6) is -0.287. The van der Waals surface area contributed by atoms with E-state index in [1.807, 2.05) is 17.5 Å². The summed E-state index contributed by atoms with van der Waals surface area (Å²) >= 11 is 0. The van der Waals surface area contributed by atoms with Crippen molar-refractivity contribution in [3.8, 4) is 0 Å². The van der Waals surface area contributed by atoms with Crippen molar-refractivity contribution >= 4 is 11.6 Å². The summed E-state index contributed by atoms with van der Waals surface area (Å²) in [6, 6.07) is 1.79. The van der Waals surface area contributed by atoms with E-state index in [-0.39, 0.29) is 5.97 Å². The maximum Gasteiger partial charge on any atom is 0.341 e. The lowest BCUT2D eigenvalue weighted by Crippen LogP contribution is -2.07. The predicted octanol–water partition coefficient (Wildman–Crippen LogP) is 2.31. The van der Waals surface area contributed by atoms with Gasteiger partial charge in [-0.15, -0.1) is 0 Å². The van der Waals surface area contributed by atoms with Gasteiger partial charge in [-0.1, -0.05) is 0 Å². The van der Waals surface area contributed by atoms with Gasteiger partial charge < -0.3 is 9.14 Å². The van der Waals surface area contributed by atoms with Crippen LogP contribution in [0.2, 0.25) is 0 Å². The fraction of sp³-hybridized carbons (Fsp3) is 0.429. The Morgan fingerprint density at radius 3 is 3.11 bits per heavy atom. The van der Waals surface area contributed by atoms with E-state index < -0.39 is 0 Å². The van der Waals surface area contributed by atoms with Crippen molar-refractivity contribution in [1.29, 1.82) is 0 Å². The van der Waals surface area contributed by atoms with Crippen LogP contribution in [0, 0.1) is 6.92 Å². The van der Waals surface area contributed by atoms with Crippen molar-refractivity contribution in [3.05, 3.63) is 34.8 Å². The van der Waals surface area contributed by atoms with E-state index in [1.54, 1.807) is 6.07 Å². The number of fused-ring (bicyclic) bond motifs is 2. The molecule has 18 heavy (non-hydrogen) atoms. The number of aryl methyl sites for hydroxylation is 2. The molecule has 0 N–H and O–H groups in total. The molecule has 4 heteroatoms. The molecule has 0 bridgehead atoms. The second-order valence-electron chi connectivity index (χ2n) is 4.62. The van der Waals surface area contributed by atoms with E-state index in [1.165, 1.54) is 11.3 Å². The number of ether oxygens (including phenoxy) is 1. The van der Waals surface area contributed by atoms with Gasteiger partial charge in [-0.3, -0.25) is 0 Å². The summed E-state index contributed by atoms with van der Waals surface area (Å²) in [6.07, 6.45) is 5.17. The number of hydrogen-bond acceptors (Lipinski definition) is 3. The zero-order chi connectivity index (χ0) is 12.7. The molecule has 0 fully saturated rings. The fourth-order valence-electron chi connectivity index (χ4n) is 2.69. The molecule has 0 radical (unpaired) electrons. The Bertz CT molecular complexity index is 628. The van der Waals surface area contributed by atoms with Crippen LogP contribution in [-0.4, -0.2) is 22.0 Å². The number of aromatic nitrogens is 2. The van der Waals surface area contributed by atoms with Crippen LogP contribution in [0.15, 0.2) is 12.3 Å². The Balaban J connectivity index is 2.19. The van der Waals surface area contributed by atoms with Crippen LogP contribution in [-0.2, 0) is 17.6 Å². The van der Waals surface area contributed by atoms with Gasteiger partial charge >= 0.3 is 5.97 Å². The van der Waals surface area contributed by atoms with E-state index in [0.717, 1.165) is 30.6 Å². The molecule has 0 unspecified atom stereocenters. The molecule has 4 nitrogen and oxygen atoms in total. The summed E-state index contributed by atoms with van der Waals surface area (Å²) < 4.78 is 7.06. The van der Waals surface area contributed by atoms with Crippen LogP contribution in [0.25, 0.3) is 5.65 Å². The number of carbonyl (C=O) groups excluding carboxylic acids is 1. The van der Waals surface area contributed by atoms with Gasteiger partial charge in [0.2, 0.25) is 0 Å². The summed E-state index contributed by atoms with van der Waals surface area (Å²) in [5, 5.41) is 0. The molecule has 0 amide bonds. The van der Waals surface area contributed by atoms with Gasteiger partial charge in [0.25, 0.3) is 0 Å². The predicted molar refractivity (Wildman–Crippen MR) is 67.9 cm³/mol. The van der Waals surface area contributed by atoms with Crippen LogP contribution in [0.3, 0.4) is 0 Å². The van der Waals surface area contributed by atoms with E-state index in [0.29, 0.717) is 12.2 Å². The van der Waals surface area contributed by atoms with E-state index in [4.69, 9.17) is 4.74 Å². The smallest absolute Gasteiger partial charge is 0.341 e. The highest BCUT2D eigenvalue weighted by Crippen LogP contribution is 2.26. The fourth-order valence-corrected chi connectivity index (χ4v) is 2.69. The standard InChI is InChI=1S/C14H16N2O2/c1-3-18-14(17)11-7-8-16-9(2)10-5-4-6-12(10)15-13(11)16/h7-8H,3-6H2,1-2H3. The quantitative estimate of drug-likeness (QED) is 0.761. The Morgan fingerprint density at radius 2 is 2.33 bits per heavy atom. The summed E-state index contributed by atoms with van der Waals surface area (Å²) in [7, 11) is 0. The molecule has 1 aliphatic carbocycles. The van der Waals surface area contributed by atoms with Gasteiger partial charge in [0.05, 0.1) is 6.61 Å². The second kappa shape index (κ2) is 4.12. The van der Waals surface area contributed by atoms with Crippen molar-refractivity contribution in [2.75, 3.05) is 6.61 Å². The average molecular weight is 244 g/mol. The summed E-state index contributed by atoms with van der Waals surface area (Å²) in [6.45, 7) is 4.29. The van der Waals surface area contributed by atoms with Crippen LogP contribution in [0.1, 0.15) is 40.7 Å². The number of rotatable bonds is 2. The molecule has 2 heterocycles. The topological polar surface area (TPSA) is 43.6 Å². The molecule has 0 atom stereocenters. The minimum atomic E-state index is -0.287. The van der Waals surface area contributed by atoms with E-state index >= 15 is 0 Å². The Hall–Kier alpha value is -1.84. The Labute approximate surface area is 106 Å². The molecule has 0 saturated carbocycles. The average Bonchev–Trinajstić information content (AvgIpc) is 2.95. The van der Waals surface area contributed by atoms with E-state index in [9.17, 15) is 4.79 Å². The van der Waals surface area contributed by atoms with Gasteiger partial charge in [0, 0.05) is 17.6 Å². The molecule has 94 valence electrons. The number of esters is 1. The molecule has 3 rings (SSSR count). The highest BCUT2D eigenvalue weighted by molar-refractivity contribution is 5.96. The van der Waals surface area contributed by atoms with Crippen molar-refractivity contribution < 1.29 is 9.53 Å². The third-order valence-corrected chi connectivity index (χ3v) is 3.58. The first kappa shape index (κ1) is 11.3. The highest BCUT2D eigenvalue weighted by Gasteiger charge is 2.21. The minimum absolute atomic E-state index is 0.287. The van der Waals surface area contributed by atoms with Crippen LogP contribution in [0.4, 0.5) is 0 Å². The lowest BCUT2D eigenvalue weighted by atomic mass is 10.2. The molecule has 0 saturated heterocycles. The molecule has 0 spiro atoms. The summed E-state index contributed by atoms with van der Waals surface area (Å²) in [5.41, 5.74) is 4.97. The lowest BCUT2D eigenvalue weighted by molar-refractivity contribution is 0.0528. The maximum atomic E-state index is 11.9. The largest absolute Gasteiger partial charge is 0.462 e. The highest BCUT2D eigenvalue weighted by atomic mass is 16.5. The summed E-state index contributed by atoms with van der Waals surface area (Å²) in [4.78, 5) is 16.5. The Kier molecular flexibility index (Phi) is 2.58. The van der Waals surface area contributed by atoms with Gasteiger partial charge in [0.15, 0.2) is 5.65 Å². The molecule has 0 aliphatic heterocycles. The lowest BCUT2D eigenvalue weighted by Gasteiger charge is -2.08. The SMILES string of the molecule is CCOC(=O)c1ccn2c(C)c3c(nc12)CCC3. The maximum absolute atomic E-state index is 11.9. The zero-order valence-electron chi connectivity index (χ0n) is 10.7. The molecule has 2 aromatic heterocycles.